The van der Waals surface area contributed by atoms with Crippen LogP contribution in [-0.2, 0) is 26.6 Å². The Labute approximate surface area is 231 Å². The Hall–Kier alpha value is -3.09. The van der Waals surface area contributed by atoms with E-state index in [0.29, 0.717) is 62.0 Å². The van der Waals surface area contributed by atoms with Gasteiger partial charge in [-0.05, 0) is 54.1 Å². The Morgan fingerprint density at radius 3 is 2.05 bits per heavy atom. The van der Waals surface area contributed by atoms with Gasteiger partial charge in [-0.3, -0.25) is 9.69 Å². The summed E-state index contributed by atoms with van der Waals surface area (Å²) >= 11 is 0. The zero-order chi connectivity index (χ0) is 28.0. The minimum absolute atomic E-state index is 0.183. The zero-order valence-electron chi connectivity index (χ0n) is 22.2. The van der Waals surface area contributed by atoms with E-state index in [9.17, 15) is 21.6 Å². The van der Waals surface area contributed by atoms with Gasteiger partial charge in [-0.15, -0.1) is 0 Å². The minimum atomic E-state index is -3.56. The van der Waals surface area contributed by atoms with Crippen molar-refractivity contribution in [2.24, 2.45) is 0 Å². The van der Waals surface area contributed by atoms with Crippen LogP contribution >= 0.6 is 0 Å². The van der Waals surface area contributed by atoms with Gasteiger partial charge in [0, 0.05) is 57.1 Å². The second-order valence-corrected chi connectivity index (χ2v) is 13.1. The Bertz CT molecular complexity index is 1480. The maximum absolute atomic E-state index is 12.9. The topological polar surface area (TPSA) is 107 Å². The first-order valence-corrected chi connectivity index (χ1v) is 15.8. The third-order valence-corrected chi connectivity index (χ3v) is 10.7. The van der Waals surface area contributed by atoms with Crippen LogP contribution in [0.4, 0.5) is 5.69 Å². The second kappa shape index (κ2) is 12.4. The van der Waals surface area contributed by atoms with Gasteiger partial charge in [0.25, 0.3) is 5.91 Å². The first kappa shape index (κ1) is 28.9. The summed E-state index contributed by atoms with van der Waals surface area (Å²) in [4.78, 5) is 15.6. The van der Waals surface area contributed by atoms with Crippen molar-refractivity contribution in [2.75, 3.05) is 44.6 Å². The normalized spacial score (nSPS) is 15.4. The molecule has 0 aromatic heterocycles. The van der Waals surface area contributed by atoms with Crippen LogP contribution < -0.4 is 5.32 Å². The SMILES string of the molecule is CCN(CC)S(=O)(=O)c1ccc(NC(=O)c2cccc(CN3CCN(S(=O)(=O)c4ccccc4)CC3)c2)cc1. The summed E-state index contributed by atoms with van der Waals surface area (Å²) in [5, 5.41) is 2.83. The molecule has 1 N–H and O–H groups in total. The average Bonchev–Trinajstić information content (AvgIpc) is 2.95. The van der Waals surface area contributed by atoms with E-state index >= 15 is 0 Å². The van der Waals surface area contributed by atoms with Gasteiger partial charge in [0.1, 0.15) is 0 Å². The number of hydrogen-bond acceptors (Lipinski definition) is 6. The largest absolute Gasteiger partial charge is 0.322 e. The maximum Gasteiger partial charge on any atom is 0.255 e. The summed E-state index contributed by atoms with van der Waals surface area (Å²) in [5.74, 6) is -0.296. The molecule has 0 unspecified atom stereocenters. The van der Waals surface area contributed by atoms with E-state index < -0.39 is 20.0 Å². The molecule has 1 amide bonds. The van der Waals surface area contributed by atoms with Gasteiger partial charge >= 0.3 is 0 Å². The predicted molar refractivity (Wildman–Crippen MR) is 151 cm³/mol. The fourth-order valence-electron chi connectivity index (χ4n) is 4.56. The van der Waals surface area contributed by atoms with E-state index in [1.807, 2.05) is 18.2 Å². The van der Waals surface area contributed by atoms with Crippen LogP contribution in [0.2, 0.25) is 0 Å². The molecule has 0 bridgehead atoms. The van der Waals surface area contributed by atoms with Crippen LogP contribution in [0, 0.1) is 0 Å². The number of nitrogens with zero attached hydrogens (tertiary/aromatic N) is 3. The van der Waals surface area contributed by atoms with Crippen LogP contribution in [0.5, 0.6) is 0 Å². The molecule has 0 atom stereocenters. The molecule has 0 spiro atoms. The lowest BCUT2D eigenvalue weighted by Crippen LogP contribution is -2.48. The highest BCUT2D eigenvalue weighted by Gasteiger charge is 2.28. The number of sulfonamides is 2. The Morgan fingerprint density at radius 2 is 1.44 bits per heavy atom. The van der Waals surface area contributed by atoms with Crippen LogP contribution in [0.3, 0.4) is 0 Å². The quantitative estimate of drug-likeness (QED) is 0.400. The van der Waals surface area contributed by atoms with E-state index in [0.717, 1.165) is 5.56 Å². The van der Waals surface area contributed by atoms with Crippen LogP contribution in [0.15, 0.2) is 88.7 Å². The molecular weight excluding hydrogens is 536 g/mol. The number of carbonyl (C=O) groups excluding carboxylic acids is 1. The third-order valence-electron chi connectivity index (χ3n) is 6.76. The molecule has 1 aliphatic heterocycles. The third kappa shape index (κ3) is 6.74. The molecule has 4 rings (SSSR count). The molecule has 208 valence electrons. The molecule has 11 heteroatoms. The van der Waals surface area contributed by atoms with E-state index in [2.05, 4.69) is 10.2 Å². The molecule has 9 nitrogen and oxygen atoms in total. The minimum Gasteiger partial charge on any atom is -0.322 e. The van der Waals surface area contributed by atoms with Crippen molar-refractivity contribution >= 4 is 31.6 Å². The highest BCUT2D eigenvalue weighted by Crippen LogP contribution is 2.21. The van der Waals surface area contributed by atoms with E-state index in [1.54, 1.807) is 62.4 Å². The molecule has 0 radical (unpaired) electrons. The standard InChI is InChI=1S/C28H34N4O5S2/c1-3-31(4-2)38(34,35)27-15-13-25(14-16-27)29-28(33)24-10-8-9-23(21-24)22-30-17-19-32(20-18-30)39(36,37)26-11-6-5-7-12-26/h5-16,21H,3-4,17-20,22H2,1-2H3,(H,29,33). The number of hydrogen-bond donors (Lipinski definition) is 1. The van der Waals surface area contributed by atoms with Crippen molar-refractivity contribution in [3.05, 3.63) is 90.0 Å². The Kier molecular flexibility index (Phi) is 9.19. The highest BCUT2D eigenvalue weighted by molar-refractivity contribution is 7.89. The lowest BCUT2D eigenvalue weighted by atomic mass is 10.1. The van der Waals surface area contributed by atoms with E-state index in [-0.39, 0.29) is 10.8 Å². The van der Waals surface area contributed by atoms with E-state index in [1.165, 1.54) is 20.7 Å². The molecule has 1 saturated heterocycles. The van der Waals surface area contributed by atoms with Crippen LogP contribution in [-0.4, -0.2) is 75.5 Å². The molecule has 3 aromatic carbocycles. The van der Waals surface area contributed by atoms with Crippen molar-refractivity contribution in [3.8, 4) is 0 Å². The Morgan fingerprint density at radius 1 is 0.795 bits per heavy atom. The number of carbonyl (C=O) groups is 1. The predicted octanol–water partition coefficient (Wildman–Crippen LogP) is 3.48. The monoisotopic (exact) mass is 570 g/mol. The lowest BCUT2D eigenvalue weighted by Gasteiger charge is -2.34. The van der Waals surface area contributed by atoms with Crippen molar-refractivity contribution in [3.63, 3.8) is 0 Å². The van der Waals surface area contributed by atoms with Crippen molar-refractivity contribution < 1.29 is 21.6 Å². The highest BCUT2D eigenvalue weighted by atomic mass is 32.2. The second-order valence-electron chi connectivity index (χ2n) is 9.26. The molecule has 0 aliphatic carbocycles. The van der Waals surface area contributed by atoms with E-state index in [4.69, 9.17) is 0 Å². The lowest BCUT2D eigenvalue weighted by molar-refractivity contribution is 0.102. The van der Waals surface area contributed by atoms with Gasteiger partial charge in [0.15, 0.2) is 0 Å². The number of nitrogens with one attached hydrogen (secondary N) is 1. The van der Waals surface area contributed by atoms with Crippen molar-refractivity contribution in [1.29, 1.82) is 0 Å². The maximum atomic E-state index is 12.9. The van der Waals surface area contributed by atoms with Gasteiger partial charge in [-0.1, -0.05) is 44.2 Å². The summed E-state index contributed by atoms with van der Waals surface area (Å²) in [5.41, 5.74) is 1.93. The molecule has 1 fully saturated rings. The summed E-state index contributed by atoms with van der Waals surface area (Å²) in [7, 11) is -7.07. The summed E-state index contributed by atoms with van der Waals surface area (Å²) in [6.45, 7) is 6.93. The van der Waals surface area contributed by atoms with Gasteiger partial charge in [0.05, 0.1) is 9.79 Å². The molecule has 1 aliphatic rings. The van der Waals surface area contributed by atoms with Crippen molar-refractivity contribution in [2.45, 2.75) is 30.2 Å². The smallest absolute Gasteiger partial charge is 0.255 e. The van der Waals surface area contributed by atoms with Gasteiger partial charge < -0.3 is 5.32 Å². The van der Waals surface area contributed by atoms with Crippen LogP contribution in [0.1, 0.15) is 29.8 Å². The molecule has 0 saturated carbocycles. The fraction of sp³-hybridized carbons (Fsp3) is 0.321. The van der Waals surface area contributed by atoms with Gasteiger partial charge in [0.2, 0.25) is 20.0 Å². The summed E-state index contributed by atoms with van der Waals surface area (Å²) < 4.78 is 54.0. The molecule has 3 aromatic rings. The van der Waals surface area contributed by atoms with Crippen molar-refractivity contribution in [1.82, 2.24) is 13.5 Å². The van der Waals surface area contributed by atoms with Crippen LogP contribution in [0.25, 0.3) is 0 Å². The number of anilines is 1. The molecule has 1 heterocycles. The first-order valence-electron chi connectivity index (χ1n) is 12.9. The first-order chi connectivity index (χ1) is 18.6. The summed E-state index contributed by atoms with van der Waals surface area (Å²) in [6.07, 6.45) is 0. The fourth-order valence-corrected chi connectivity index (χ4v) is 7.47. The number of piperazine rings is 1. The molecule has 39 heavy (non-hydrogen) atoms. The zero-order valence-corrected chi connectivity index (χ0v) is 23.8. The van der Waals surface area contributed by atoms with Gasteiger partial charge in [-0.25, -0.2) is 16.8 Å². The molecular formula is C28H34N4O5S2. The number of benzene rings is 3. The number of amides is 1. The average molecular weight is 571 g/mol. The number of rotatable bonds is 10. The summed E-state index contributed by atoms with van der Waals surface area (Å²) in [6, 6.07) is 21.9. The Balaban J connectivity index is 1.35. The van der Waals surface area contributed by atoms with Gasteiger partial charge in [-0.2, -0.15) is 8.61 Å².